The Kier molecular flexibility index (Phi) is 2.24. The van der Waals surface area contributed by atoms with Crippen LogP contribution >= 0.6 is 0 Å². The van der Waals surface area contributed by atoms with Crippen molar-refractivity contribution in [2.45, 2.75) is 25.7 Å². The standard InChI is InChI=1S/C15H15N/c1-11-9-14(12-7-8-12)10-15(16-11)13-5-3-2-4-6-13/h2-6,9-10,12H,7-8H2,1H3. The maximum atomic E-state index is 4.61. The van der Waals surface area contributed by atoms with Crippen molar-refractivity contribution >= 4 is 0 Å². The maximum Gasteiger partial charge on any atom is 0.0708 e. The van der Waals surface area contributed by atoms with Gasteiger partial charge in [0.05, 0.1) is 5.69 Å². The van der Waals surface area contributed by atoms with E-state index in [2.05, 4.69) is 48.3 Å². The molecule has 1 heterocycles. The van der Waals surface area contributed by atoms with Crippen molar-refractivity contribution in [3.8, 4) is 11.3 Å². The summed E-state index contributed by atoms with van der Waals surface area (Å²) in [6, 6.07) is 14.9. The number of benzene rings is 1. The first-order valence-corrected chi connectivity index (χ1v) is 5.87. The van der Waals surface area contributed by atoms with Crippen molar-refractivity contribution in [1.82, 2.24) is 4.98 Å². The zero-order valence-electron chi connectivity index (χ0n) is 9.48. The van der Waals surface area contributed by atoms with E-state index < -0.39 is 0 Å². The van der Waals surface area contributed by atoms with E-state index in [0.717, 1.165) is 17.3 Å². The number of hydrogen-bond acceptors (Lipinski definition) is 1. The van der Waals surface area contributed by atoms with Crippen LogP contribution in [-0.2, 0) is 0 Å². The van der Waals surface area contributed by atoms with E-state index >= 15 is 0 Å². The molecule has 0 atom stereocenters. The van der Waals surface area contributed by atoms with Gasteiger partial charge in [-0.25, -0.2) is 0 Å². The van der Waals surface area contributed by atoms with Gasteiger partial charge in [-0.15, -0.1) is 0 Å². The van der Waals surface area contributed by atoms with Gasteiger partial charge in [-0.05, 0) is 43.4 Å². The monoisotopic (exact) mass is 209 g/mol. The lowest BCUT2D eigenvalue weighted by molar-refractivity contribution is 1.08. The zero-order chi connectivity index (χ0) is 11.0. The molecule has 16 heavy (non-hydrogen) atoms. The third-order valence-corrected chi connectivity index (χ3v) is 3.09. The van der Waals surface area contributed by atoms with Gasteiger partial charge in [-0.2, -0.15) is 0 Å². The lowest BCUT2D eigenvalue weighted by atomic mass is 10.1. The molecule has 1 aromatic heterocycles. The molecule has 0 saturated heterocycles. The summed E-state index contributed by atoms with van der Waals surface area (Å²) < 4.78 is 0. The summed E-state index contributed by atoms with van der Waals surface area (Å²) in [5, 5.41) is 0. The molecule has 0 N–H and O–H groups in total. The molecule has 0 aliphatic heterocycles. The van der Waals surface area contributed by atoms with Crippen LogP contribution in [0.2, 0.25) is 0 Å². The minimum absolute atomic E-state index is 0.796. The molecule has 1 aliphatic rings. The Morgan fingerprint density at radius 3 is 2.50 bits per heavy atom. The van der Waals surface area contributed by atoms with Gasteiger partial charge in [0.2, 0.25) is 0 Å². The van der Waals surface area contributed by atoms with Crippen molar-refractivity contribution in [3.63, 3.8) is 0 Å². The molecular weight excluding hydrogens is 194 g/mol. The van der Waals surface area contributed by atoms with E-state index in [1.165, 1.54) is 24.0 Å². The Hall–Kier alpha value is -1.63. The van der Waals surface area contributed by atoms with E-state index in [1.807, 2.05) is 6.07 Å². The van der Waals surface area contributed by atoms with Crippen LogP contribution in [0.5, 0.6) is 0 Å². The third-order valence-electron chi connectivity index (χ3n) is 3.09. The summed E-state index contributed by atoms with van der Waals surface area (Å²) in [6.07, 6.45) is 2.69. The smallest absolute Gasteiger partial charge is 0.0708 e. The molecule has 80 valence electrons. The van der Waals surface area contributed by atoms with Crippen LogP contribution < -0.4 is 0 Å². The Bertz CT molecular complexity index is 498. The maximum absolute atomic E-state index is 4.61. The third kappa shape index (κ3) is 1.85. The molecule has 1 aliphatic carbocycles. The van der Waals surface area contributed by atoms with Gasteiger partial charge < -0.3 is 0 Å². The minimum Gasteiger partial charge on any atom is -0.253 e. The second-order valence-electron chi connectivity index (χ2n) is 4.57. The van der Waals surface area contributed by atoms with Gasteiger partial charge in [0.25, 0.3) is 0 Å². The van der Waals surface area contributed by atoms with Gasteiger partial charge in [-0.3, -0.25) is 4.98 Å². The first-order chi connectivity index (χ1) is 7.83. The molecule has 3 rings (SSSR count). The summed E-state index contributed by atoms with van der Waals surface area (Å²) in [7, 11) is 0. The van der Waals surface area contributed by atoms with E-state index in [-0.39, 0.29) is 0 Å². The summed E-state index contributed by atoms with van der Waals surface area (Å²) in [5.41, 5.74) is 4.92. The topological polar surface area (TPSA) is 12.9 Å². The fourth-order valence-electron chi connectivity index (χ4n) is 2.10. The number of rotatable bonds is 2. The first kappa shape index (κ1) is 9.59. The second kappa shape index (κ2) is 3.75. The first-order valence-electron chi connectivity index (χ1n) is 5.87. The largest absolute Gasteiger partial charge is 0.253 e. The molecule has 0 spiro atoms. The van der Waals surface area contributed by atoms with Crippen LogP contribution in [0.3, 0.4) is 0 Å². The fraction of sp³-hybridized carbons (Fsp3) is 0.267. The molecule has 1 saturated carbocycles. The highest BCUT2D eigenvalue weighted by molar-refractivity contribution is 5.60. The van der Waals surface area contributed by atoms with Crippen LogP contribution in [0.25, 0.3) is 11.3 Å². The van der Waals surface area contributed by atoms with Crippen LogP contribution in [0.1, 0.15) is 30.0 Å². The molecule has 0 amide bonds. The fourth-order valence-corrected chi connectivity index (χ4v) is 2.10. The normalized spacial score (nSPS) is 15.1. The quantitative estimate of drug-likeness (QED) is 0.730. The second-order valence-corrected chi connectivity index (χ2v) is 4.57. The lowest BCUT2D eigenvalue weighted by Crippen LogP contribution is -1.90. The van der Waals surface area contributed by atoms with Crippen molar-refractivity contribution in [3.05, 3.63) is 53.7 Å². The van der Waals surface area contributed by atoms with Gasteiger partial charge in [-0.1, -0.05) is 30.3 Å². The van der Waals surface area contributed by atoms with Crippen molar-refractivity contribution in [2.75, 3.05) is 0 Å². The highest BCUT2D eigenvalue weighted by atomic mass is 14.7. The van der Waals surface area contributed by atoms with Crippen molar-refractivity contribution in [2.24, 2.45) is 0 Å². The lowest BCUT2D eigenvalue weighted by Gasteiger charge is -2.06. The highest BCUT2D eigenvalue weighted by Gasteiger charge is 2.24. The molecule has 0 bridgehead atoms. The zero-order valence-corrected chi connectivity index (χ0v) is 9.48. The summed E-state index contributed by atoms with van der Waals surface area (Å²) >= 11 is 0. The minimum atomic E-state index is 0.796. The van der Waals surface area contributed by atoms with E-state index in [0.29, 0.717) is 0 Å². The molecule has 0 radical (unpaired) electrons. The van der Waals surface area contributed by atoms with Gasteiger partial charge in [0.1, 0.15) is 0 Å². The molecule has 1 aromatic carbocycles. The van der Waals surface area contributed by atoms with Crippen LogP contribution in [0.4, 0.5) is 0 Å². The van der Waals surface area contributed by atoms with Crippen molar-refractivity contribution < 1.29 is 0 Å². The summed E-state index contributed by atoms with van der Waals surface area (Å²) in [5.74, 6) is 0.796. The van der Waals surface area contributed by atoms with Gasteiger partial charge >= 0.3 is 0 Å². The predicted octanol–water partition coefficient (Wildman–Crippen LogP) is 3.93. The summed E-state index contributed by atoms with van der Waals surface area (Å²) in [6.45, 7) is 2.08. The van der Waals surface area contributed by atoms with E-state index in [9.17, 15) is 0 Å². The average Bonchev–Trinajstić information content (AvgIpc) is 3.13. The van der Waals surface area contributed by atoms with Crippen LogP contribution in [0, 0.1) is 6.92 Å². The van der Waals surface area contributed by atoms with Crippen molar-refractivity contribution in [1.29, 1.82) is 0 Å². The number of nitrogens with zero attached hydrogens (tertiary/aromatic N) is 1. The van der Waals surface area contributed by atoms with Gasteiger partial charge in [0.15, 0.2) is 0 Å². The molecule has 2 aromatic rings. The highest BCUT2D eigenvalue weighted by Crippen LogP contribution is 2.41. The SMILES string of the molecule is Cc1cc(C2CC2)cc(-c2ccccc2)n1. The predicted molar refractivity (Wildman–Crippen MR) is 66.4 cm³/mol. The Morgan fingerprint density at radius 2 is 1.81 bits per heavy atom. The number of aryl methyl sites for hydroxylation is 1. The number of hydrogen-bond donors (Lipinski definition) is 0. The molecule has 0 unspecified atom stereocenters. The van der Waals surface area contributed by atoms with Crippen LogP contribution in [-0.4, -0.2) is 4.98 Å². The Morgan fingerprint density at radius 1 is 1.06 bits per heavy atom. The number of pyridine rings is 1. The van der Waals surface area contributed by atoms with Crippen LogP contribution in [0.15, 0.2) is 42.5 Å². The van der Waals surface area contributed by atoms with E-state index in [1.54, 1.807) is 0 Å². The Balaban J connectivity index is 2.06. The van der Waals surface area contributed by atoms with Gasteiger partial charge in [0, 0.05) is 11.3 Å². The average molecular weight is 209 g/mol. The molecular formula is C15H15N. The number of aromatic nitrogens is 1. The summed E-state index contributed by atoms with van der Waals surface area (Å²) in [4.78, 5) is 4.61. The Labute approximate surface area is 96.2 Å². The van der Waals surface area contributed by atoms with E-state index in [4.69, 9.17) is 0 Å². The molecule has 1 heteroatoms. The molecule has 1 fully saturated rings. The molecule has 1 nitrogen and oxygen atoms in total.